The summed E-state index contributed by atoms with van der Waals surface area (Å²) >= 11 is 0. The third-order valence-electron chi connectivity index (χ3n) is 2.25. The van der Waals surface area contributed by atoms with Gasteiger partial charge in [0.25, 0.3) is 0 Å². The second-order valence-corrected chi connectivity index (χ2v) is 3.43. The maximum atomic E-state index is 8.93. The summed E-state index contributed by atoms with van der Waals surface area (Å²) in [5.41, 5.74) is 0.972. The lowest BCUT2D eigenvalue weighted by molar-refractivity contribution is 0.198. The first kappa shape index (κ1) is 9.27. The first-order chi connectivity index (χ1) is 6.81. The van der Waals surface area contributed by atoms with E-state index in [9.17, 15) is 0 Å². The number of nitrogens with zero attached hydrogens (tertiary/aromatic N) is 2. The summed E-state index contributed by atoms with van der Waals surface area (Å²) in [6.07, 6.45) is 1.84. The Morgan fingerprint density at radius 1 is 1.71 bits per heavy atom. The summed E-state index contributed by atoms with van der Waals surface area (Å²) in [4.78, 5) is 6.25. The molecule has 76 valence electrons. The molecule has 1 aliphatic heterocycles. The van der Waals surface area contributed by atoms with E-state index in [0.29, 0.717) is 12.4 Å². The quantitative estimate of drug-likeness (QED) is 0.751. The highest BCUT2D eigenvalue weighted by molar-refractivity contribution is 5.56. The SMILES string of the molecule is CC1CN(CCO)c2cccnc2O1. The Labute approximate surface area is 83.1 Å². The van der Waals surface area contributed by atoms with Gasteiger partial charge in [-0.15, -0.1) is 0 Å². The zero-order valence-corrected chi connectivity index (χ0v) is 8.18. The molecule has 0 spiro atoms. The molecule has 1 N–H and O–H groups in total. The van der Waals surface area contributed by atoms with Crippen LogP contribution in [-0.2, 0) is 0 Å². The maximum absolute atomic E-state index is 8.93. The van der Waals surface area contributed by atoms with E-state index < -0.39 is 0 Å². The number of aromatic nitrogens is 1. The van der Waals surface area contributed by atoms with E-state index in [1.807, 2.05) is 19.1 Å². The van der Waals surface area contributed by atoms with Crippen LogP contribution in [-0.4, -0.2) is 35.9 Å². The van der Waals surface area contributed by atoms with Crippen molar-refractivity contribution in [2.24, 2.45) is 0 Å². The number of pyridine rings is 1. The molecule has 0 aliphatic carbocycles. The smallest absolute Gasteiger partial charge is 0.237 e. The molecule has 0 saturated heterocycles. The van der Waals surface area contributed by atoms with Crippen LogP contribution < -0.4 is 9.64 Å². The third kappa shape index (κ3) is 1.65. The van der Waals surface area contributed by atoms with Crippen molar-refractivity contribution in [3.05, 3.63) is 18.3 Å². The van der Waals surface area contributed by atoms with Gasteiger partial charge < -0.3 is 14.7 Å². The first-order valence-corrected chi connectivity index (χ1v) is 4.78. The Morgan fingerprint density at radius 3 is 3.36 bits per heavy atom. The fourth-order valence-corrected chi connectivity index (χ4v) is 1.68. The molecule has 0 bridgehead atoms. The molecule has 0 fully saturated rings. The van der Waals surface area contributed by atoms with E-state index in [1.54, 1.807) is 6.20 Å². The number of anilines is 1. The van der Waals surface area contributed by atoms with Crippen LogP contribution in [0.3, 0.4) is 0 Å². The highest BCUT2D eigenvalue weighted by Crippen LogP contribution is 2.30. The van der Waals surface area contributed by atoms with Crippen molar-refractivity contribution in [2.75, 3.05) is 24.6 Å². The lowest BCUT2D eigenvalue weighted by Crippen LogP contribution is -2.40. The Kier molecular flexibility index (Phi) is 2.54. The predicted molar refractivity (Wildman–Crippen MR) is 53.6 cm³/mol. The normalized spacial score (nSPS) is 20.1. The molecule has 14 heavy (non-hydrogen) atoms. The van der Waals surface area contributed by atoms with Crippen LogP contribution in [0.1, 0.15) is 6.92 Å². The topological polar surface area (TPSA) is 45.6 Å². The van der Waals surface area contributed by atoms with Gasteiger partial charge in [-0.05, 0) is 19.1 Å². The van der Waals surface area contributed by atoms with E-state index in [0.717, 1.165) is 12.2 Å². The largest absolute Gasteiger partial charge is 0.471 e. The molecule has 0 saturated carbocycles. The fourth-order valence-electron chi connectivity index (χ4n) is 1.68. The monoisotopic (exact) mass is 194 g/mol. The predicted octanol–water partition coefficient (Wildman–Crippen LogP) is 0.661. The number of hydrogen-bond donors (Lipinski definition) is 1. The van der Waals surface area contributed by atoms with E-state index >= 15 is 0 Å². The molecular formula is C10H14N2O2. The summed E-state index contributed by atoms with van der Waals surface area (Å²) in [5.74, 6) is 0.666. The molecule has 0 aromatic carbocycles. The Balaban J connectivity index is 2.28. The van der Waals surface area contributed by atoms with Gasteiger partial charge in [0.1, 0.15) is 11.8 Å². The van der Waals surface area contributed by atoms with Crippen LogP contribution in [0, 0.1) is 0 Å². The number of rotatable bonds is 2. The maximum Gasteiger partial charge on any atom is 0.237 e. The summed E-state index contributed by atoms with van der Waals surface area (Å²) in [7, 11) is 0. The van der Waals surface area contributed by atoms with Crippen molar-refractivity contribution in [1.82, 2.24) is 4.98 Å². The summed E-state index contributed by atoms with van der Waals surface area (Å²) in [5, 5.41) is 8.93. The highest BCUT2D eigenvalue weighted by atomic mass is 16.5. The van der Waals surface area contributed by atoms with Gasteiger partial charge in [0.2, 0.25) is 5.88 Å². The molecule has 4 heteroatoms. The first-order valence-electron chi connectivity index (χ1n) is 4.78. The van der Waals surface area contributed by atoms with Gasteiger partial charge >= 0.3 is 0 Å². The van der Waals surface area contributed by atoms with E-state index in [2.05, 4.69) is 9.88 Å². The minimum absolute atomic E-state index is 0.129. The van der Waals surface area contributed by atoms with Crippen LogP contribution >= 0.6 is 0 Å². The summed E-state index contributed by atoms with van der Waals surface area (Å²) in [6.45, 7) is 3.59. The van der Waals surface area contributed by atoms with Crippen molar-refractivity contribution in [1.29, 1.82) is 0 Å². The van der Waals surface area contributed by atoms with Crippen LogP contribution in [0.5, 0.6) is 5.88 Å². The van der Waals surface area contributed by atoms with Crippen molar-refractivity contribution in [3.63, 3.8) is 0 Å². The lowest BCUT2D eigenvalue weighted by Gasteiger charge is -2.33. The second kappa shape index (κ2) is 3.84. The average Bonchev–Trinajstić information content (AvgIpc) is 2.18. The van der Waals surface area contributed by atoms with Crippen molar-refractivity contribution < 1.29 is 9.84 Å². The Bertz CT molecular complexity index is 317. The number of hydrogen-bond acceptors (Lipinski definition) is 4. The van der Waals surface area contributed by atoms with Gasteiger partial charge in [0.15, 0.2) is 0 Å². The van der Waals surface area contributed by atoms with Gasteiger partial charge in [0.05, 0.1) is 13.2 Å². The van der Waals surface area contributed by atoms with E-state index in [1.165, 1.54) is 0 Å². The minimum Gasteiger partial charge on any atom is -0.471 e. The molecule has 4 nitrogen and oxygen atoms in total. The standard InChI is InChI=1S/C10H14N2O2/c1-8-7-12(5-6-13)9-3-2-4-11-10(9)14-8/h2-4,8,13H,5-7H2,1H3. The zero-order chi connectivity index (χ0) is 9.97. The van der Waals surface area contributed by atoms with Gasteiger partial charge in [0, 0.05) is 12.7 Å². The number of ether oxygens (including phenoxy) is 1. The molecule has 2 heterocycles. The molecule has 0 amide bonds. The van der Waals surface area contributed by atoms with Gasteiger partial charge in [-0.2, -0.15) is 0 Å². The van der Waals surface area contributed by atoms with Crippen molar-refractivity contribution >= 4 is 5.69 Å². The zero-order valence-electron chi connectivity index (χ0n) is 8.18. The Hall–Kier alpha value is -1.29. The summed E-state index contributed by atoms with van der Waals surface area (Å²) in [6, 6.07) is 3.84. The average molecular weight is 194 g/mol. The molecule has 1 aromatic rings. The number of aliphatic hydroxyl groups is 1. The molecule has 1 unspecified atom stereocenters. The molecule has 1 atom stereocenters. The second-order valence-electron chi connectivity index (χ2n) is 3.43. The molecule has 0 radical (unpaired) electrons. The summed E-state index contributed by atoms with van der Waals surface area (Å²) < 4.78 is 5.57. The van der Waals surface area contributed by atoms with Crippen molar-refractivity contribution in [3.8, 4) is 5.88 Å². The minimum atomic E-state index is 0.129. The Morgan fingerprint density at radius 2 is 2.57 bits per heavy atom. The number of aliphatic hydroxyl groups excluding tert-OH is 1. The molecule has 2 rings (SSSR count). The molecular weight excluding hydrogens is 180 g/mol. The van der Waals surface area contributed by atoms with Gasteiger partial charge in [-0.25, -0.2) is 4.98 Å². The van der Waals surface area contributed by atoms with E-state index in [-0.39, 0.29) is 12.7 Å². The highest BCUT2D eigenvalue weighted by Gasteiger charge is 2.22. The van der Waals surface area contributed by atoms with Crippen LogP contribution in [0.15, 0.2) is 18.3 Å². The van der Waals surface area contributed by atoms with Crippen LogP contribution in [0.4, 0.5) is 5.69 Å². The lowest BCUT2D eigenvalue weighted by atomic mass is 10.2. The van der Waals surface area contributed by atoms with Crippen LogP contribution in [0.2, 0.25) is 0 Å². The number of fused-ring (bicyclic) bond motifs is 1. The van der Waals surface area contributed by atoms with Crippen LogP contribution in [0.25, 0.3) is 0 Å². The van der Waals surface area contributed by atoms with Crippen molar-refractivity contribution in [2.45, 2.75) is 13.0 Å². The third-order valence-corrected chi connectivity index (χ3v) is 2.25. The molecule has 1 aromatic heterocycles. The van der Waals surface area contributed by atoms with Gasteiger partial charge in [-0.3, -0.25) is 0 Å². The van der Waals surface area contributed by atoms with E-state index in [4.69, 9.17) is 9.84 Å². The van der Waals surface area contributed by atoms with Gasteiger partial charge in [-0.1, -0.05) is 0 Å². The fraction of sp³-hybridized carbons (Fsp3) is 0.500. The number of β-amino-alcohol motifs (C(OH)–C–C–N with tert-alkyl or cyclic N) is 1. The molecule has 1 aliphatic rings.